The fraction of sp³-hybridized carbons (Fsp3) is 0.304. The number of aromatic hydroxyl groups is 1. The molecule has 0 aromatic carbocycles. The number of hydrogen-bond acceptors (Lipinski definition) is 5. The van der Waals surface area contributed by atoms with Crippen molar-refractivity contribution in [2.45, 2.75) is 40.4 Å². The van der Waals surface area contributed by atoms with E-state index < -0.39 is 18.1 Å². The highest BCUT2D eigenvalue weighted by molar-refractivity contribution is 5.97. The number of hydrogen-bond donors (Lipinski definition) is 2. The van der Waals surface area contributed by atoms with Crippen LogP contribution in [0.25, 0.3) is 27.8 Å². The molecule has 11 heteroatoms. The molecule has 1 amide bonds. The van der Waals surface area contributed by atoms with E-state index in [0.717, 1.165) is 4.68 Å². The van der Waals surface area contributed by atoms with Crippen molar-refractivity contribution >= 4 is 22.6 Å². The van der Waals surface area contributed by atoms with Crippen LogP contribution in [0.2, 0.25) is 0 Å². The first-order valence-electron chi connectivity index (χ1n) is 10.4. The Morgan fingerprint density at radius 3 is 2.62 bits per heavy atom. The molecule has 0 saturated carbocycles. The lowest BCUT2D eigenvalue weighted by atomic mass is 9.95. The average molecular weight is 472 g/mol. The molecule has 0 saturated heterocycles. The summed E-state index contributed by atoms with van der Waals surface area (Å²) in [5, 5.41) is 17.8. The van der Waals surface area contributed by atoms with Crippen molar-refractivity contribution in [1.29, 1.82) is 0 Å². The van der Waals surface area contributed by atoms with E-state index in [9.17, 15) is 23.1 Å². The van der Waals surface area contributed by atoms with Gasteiger partial charge < -0.3 is 10.4 Å². The van der Waals surface area contributed by atoms with Crippen LogP contribution >= 0.6 is 0 Å². The maximum absolute atomic E-state index is 12.7. The van der Waals surface area contributed by atoms with Crippen molar-refractivity contribution in [3.8, 4) is 22.8 Å². The lowest BCUT2D eigenvalue weighted by Crippen LogP contribution is -2.28. The molecular weight excluding hydrogens is 449 g/mol. The number of anilines is 1. The Labute approximate surface area is 193 Å². The van der Waals surface area contributed by atoms with Crippen LogP contribution in [0.5, 0.6) is 5.88 Å². The average Bonchev–Trinajstić information content (AvgIpc) is 3.30. The molecule has 0 spiro atoms. The van der Waals surface area contributed by atoms with Crippen LogP contribution < -0.4 is 5.32 Å². The van der Waals surface area contributed by atoms with E-state index in [4.69, 9.17) is 0 Å². The summed E-state index contributed by atoms with van der Waals surface area (Å²) >= 11 is 0. The lowest BCUT2D eigenvalue weighted by Gasteiger charge is -2.18. The number of rotatable bonds is 4. The molecule has 178 valence electrons. The molecule has 4 aromatic rings. The fourth-order valence-electron chi connectivity index (χ4n) is 3.47. The van der Waals surface area contributed by atoms with Gasteiger partial charge in [-0.3, -0.25) is 14.0 Å². The van der Waals surface area contributed by atoms with Crippen LogP contribution in [0, 0.1) is 12.3 Å². The quantitative estimate of drug-likeness (QED) is 0.443. The number of nitrogens with one attached hydrogen (secondary N) is 1. The maximum atomic E-state index is 12.7. The zero-order valence-corrected chi connectivity index (χ0v) is 19.0. The van der Waals surface area contributed by atoms with Crippen molar-refractivity contribution in [1.82, 2.24) is 24.3 Å². The number of amides is 1. The second-order valence-corrected chi connectivity index (χ2v) is 9.02. The van der Waals surface area contributed by atoms with Crippen LogP contribution in [0.1, 0.15) is 26.3 Å². The normalized spacial score (nSPS) is 12.3. The number of alkyl halides is 3. The second-order valence-electron chi connectivity index (χ2n) is 9.02. The van der Waals surface area contributed by atoms with Crippen LogP contribution in [0.3, 0.4) is 0 Å². The number of halogens is 3. The summed E-state index contributed by atoms with van der Waals surface area (Å²) in [6.45, 7) is 5.93. The van der Waals surface area contributed by atoms with Gasteiger partial charge in [0.05, 0.1) is 28.5 Å². The van der Waals surface area contributed by atoms with Crippen LogP contribution in [-0.2, 0) is 11.3 Å². The molecule has 4 heterocycles. The minimum Gasteiger partial charge on any atom is -0.494 e. The highest BCUT2D eigenvalue weighted by atomic mass is 19.4. The molecule has 0 aliphatic rings. The van der Waals surface area contributed by atoms with E-state index in [1.165, 1.54) is 23.2 Å². The first kappa shape index (κ1) is 23.3. The predicted octanol–water partition coefficient (Wildman–Crippen LogP) is 4.84. The number of pyridine rings is 2. The molecule has 0 aliphatic heterocycles. The third-order valence-electron chi connectivity index (χ3n) is 5.18. The predicted molar refractivity (Wildman–Crippen MR) is 121 cm³/mol. The fourth-order valence-corrected chi connectivity index (χ4v) is 3.47. The van der Waals surface area contributed by atoms with Gasteiger partial charge in [-0.1, -0.05) is 20.8 Å². The van der Waals surface area contributed by atoms with Gasteiger partial charge in [0.2, 0.25) is 11.8 Å². The van der Waals surface area contributed by atoms with Gasteiger partial charge in [-0.15, -0.1) is 0 Å². The van der Waals surface area contributed by atoms with E-state index in [2.05, 4.69) is 20.4 Å². The minimum atomic E-state index is -4.41. The monoisotopic (exact) mass is 472 g/mol. The molecule has 0 unspecified atom stereocenters. The van der Waals surface area contributed by atoms with Crippen LogP contribution in [0.15, 0.2) is 43.0 Å². The highest BCUT2D eigenvalue weighted by Gasteiger charge is 2.29. The number of carbonyl (C=O) groups is 1. The summed E-state index contributed by atoms with van der Waals surface area (Å²) in [7, 11) is 0. The Morgan fingerprint density at radius 2 is 1.94 bits per heavy atom. The molecule has 0 radical (unpaired) electrons. The van der Waals surface area contributed by atoms with Crippen LogP contribution in [-0.4, -0.2) is 41.5 Å². The van der Waals surface area contributed by atoms with Gasteiger partial charge in [0.1, 0.15) is 12.4 Å². The standard InChI is InChI=1S/C23H23F3N6O2/c1-13-8-16(15-6-5-7-27-19(15)30-21(34)22(2,3)4)29-17-11-32(20(33)18(13)17)14-9-28-31(10-14)12-23(24,25)26/h5-11,33H,12H2,1-4H3,(H,27,30,34). The van der Waals surface area contributed by atoms with Gasteiger partial charge in [-0.2, -0.15) is 18.3 Å². The van der Waals surface area contributed by atoms with Gasteiger partial charge in [0, 0.05) is 29.6 Å². The van der Waals surface area contributed by atoms with Crippen molar-refractivity contribution < 1.29 is 23.1 Å². The summed E-state index contributed by atoms with van der Waals surface area (Å²) in [4.78, 5) is 21.4. The largest absolute Gasteiger partial charge is 0.494 e. The summed E-state index contributed by atoms with van der Waals surface area (Å²) in [6.07, 6.45) is 1.11. The molecule has 0 fully saturated rings. The SMILES string of the molecule is Cc1cc(-c2cccnc2NC(=O)C(C)(C)C)nc2cn(-c3cnn(CC(F)(F)F)c3)c(O)c12. The Morgan fingerprint density at radius 1 is 1.21 bits per heavy atom. The number of nitrogens with zero attached hydrogens (tertiary/aromatic N) is 5. The number of carbonyl (C=O) groups excluding carboxylic acids is 1. The number of aryl methyl sites for hydroxylation is 1. The van der Waals surface area contributed by atoms with Gasteiger partial charge in [0.25, 0.3) is 0 Å². The lowest BCUT2D eigenvalue weighted by molar-refractivity contribution is -0.142. The molecule has 34 heavy (non-hydrogen) atoms. The molecule has 0 atom stereocenters. The molecule has 0 bridgehead atoms. The van der Waals surface area contributed by atoms with Gasteiger partial charge in [-0.25, -0.2) is 9.97 Å². The highest BCUT2D eigenvalue weighted by Crippen LogP contribution is 2.35. The van der Waals surface area contributed by atoms with E-state index in [0.29, 0.717) is 33.5 Å². The molecule has 2 N–H and O–H groups in total. The number of aromatic nitrogens is 5. The van der Waals surface area contributed by atoms with E-state index >= 15 is 0 Å². The van der Waals surface area contributed by atoms with E-state index in [1.54, 1.807) is 52.1 Å². The minimum absolute atomic E-state index is 0.162. The Hall–Kier alpha value is -3.89. The van der Waals surface area contributed by atoms with Crippen molar-refractivity contribution in [2.75, 3.05) is 5.32 Å². The Kier molecular flexibility index (Phi) is 5.58. The summed E-state index contributed by atoms with van der Waals surface area (Å²) in [5.74, 6) is -0.0128. The zero-order chi connectivity index (χ0) is 24.8. The summed E-state index contributed by atoms with van der Waals surface area (Å²) in [6, 6.07) is 5.25. The molecule has 0 aliphatic carbocycles. The first-order valence-corrected chi connectivity index (χ1v) is 10.4. The van der Waals surface area contributed by atoms with E-state index in [-0.39, 0.29) is 17.5 Å². The maximum Gasteiger partial charge on any atom is 0.408 e. The Balaban J connectivity index is 1.76. The van der Waals surface area contributed by atoms with E-state index in [1.807, 2.05) is 0 Å². The smallest absolute Gasteiger partial charge is 0.408 e. The summed E-state index contributed by atoms with van der Waals surface area (Å²) < 4.78 is 40.1. The molecule has 4 aromatic heterocycles. The third-order valence-corrected chi connectivity index (χ3v) is 5.18. The van der Waals surface area contributed by atoms with Crippen molar-refractivity contribution in [2.24, 2.45) is 5.41 Å². The van der Waals surface area contributed by atoms with Gasteiger partial charge in [-0.05, 0) is 30.7 Å². The zero-order valence-electron chi connectivity index (χ0n) is 19.0. The third kappa shape index (κ3) is 4.59. The van der Waals surface area contributed by atoms with Crippen LogP contribution in [0.4, 0.5) is 19.0 Å². The topological polar surface area (TPSA) is 97.9 Å². The first-order chi connectivity index (χ1) is 15.8. The Bertz CT molecular complexity index is 1380. The second kappa shape index (κ2) is 8.15. The molecular formula is C23H23F3N6O2. The summed E-state index contributed by atoms with van der Waals surface area (Å²) in [5.41, 5.74) is 1.87. The van der Waals surface area contributed by atoms with Gasteiger partial charge in [0.15, 0.2) is 0 Å². The van der Waals surface area contributed by atoms with Crippen molar-refractivity contribution in [3.05, 3.63) is 48.5 Å². The number of fused-ring (bicyclic) bond motifs is 1. The molecule has 4 rings (SSSR count). The molecule has 8 nitrogen and oxygen atoms in total. The van der Waals surface area contributed by atoms with Crippen molar-refractivity contribution in [3.63, 3.8) is 0 Å². The van der Waals surface area contributed by atoms with Gasteiger partial charge >= 0.3 is 6.18 Å².